The number of nitrogens with zero attached hydrogens (tertiary/aromatic N) is 2. The van der Waals surface area contributed by atoms with Crippen LogP contribution in [0, 0.1) is 13.8 Å². The number of carbonyl (C=O) groups is 1. The molecule has 1 aliphatic rings. The van der Waals surface area contributed by atoms with Crippen LogP contribution in [0.15, 0.2) is 29.2 Å². The van der Waals surface area contributed by atoms with Crippen molar-refractivity contribution < 1.29 is 13.2 Å². The van der Waals surface area contributed by atoms with Crippen molar-refractivity contribution in [2.24, 2.45) is 5.73 Å². The van der Waals surface area contributed by atoms with Crippen LogP contribution in [0.4, 0.5) is 0 Å². The molecule has 1 aromatic heterocycles. The van der Waals surface area contributed by atoms with Crippen molar-refractivity contribution in [1.82, 2.24) is 14.5 Å². The van der Waals surface area contributed by atoms with Crippen molar-refractivity contribution in [3.8, 4) is 0 Å². The van der Waals surface area contributed by atoms with Crippen LogP contribution in [0.1, 0.15) is 46.1 Å². The van der Waals surface area contributed by atoms with E-state index in [1.165, 1.54) is 4.31 Å². The maximum absolute atomic E-state index is 12.9. The molecule has 2 heterocycles. The van der Waals surface area contributed by atoms with Gasteiger partial charge < -0.3 is 5.73 Å². The number of aromatic amines is 1. The van der Waals surface area contributed by atoms with E-state index in [9.17, 15) is 13.2 Å². The number of hydrogen-bond acceptors (Lipinski definition) is 4. The fraction of sp³-hybridized carbons (Fsp3) is 0.412. The highest BCUT2D eigenvalue weighted by molar-refractivity contribution is 7.89. The topological polar surface area (TPSA) is 109 Å². The molecule has 1 aromatic carbocycles. The molecular weight excluding hydrogens is 340 g/mol. The number of aryl methyl sites for hydroxylation is 2. The molecule has 0 bridgehead atoms. The molecule has 1 amide bonds. The summed E-state index contributed by atoms with van der Waals surface area (Å²) >= 11 is 0. The van der Waals surface area contributed by atoms with Crippen molar-refractivity contribution >= 4 is 15.9 Å². The Bertz CT molecular complexity index is 896. The quantitative estimate of drug-likeness (QED) is 0.862. The first kappa shape index (κ1) is 17.6. The van der Waals surface area contributed by atoms with Gasteiger partial charge in [0.1, 0.15) is 5.69 Å². The van der Waals surface area contributed by atoms with Gasteiger partial charge in [-0.15, -0.1) is 0 Å². The largest absolute Gasteiger partial charge is 0.364 e. The first-order chi connectivity index (χ1) is 11.8. The highest BCUT2D eigenvalue weighted by Gasteiger charge is 2.31. The minimum atomic E-state index is -3.50. The van der Waals surface area contributed by atoms with Gasteiger partial charge in [-0.25, -0.2) is 8.42 Å². The Hall–Kier alpha value is -2.19. The summed E-state index contributed by atoms with van der Waals surface area (Å²) in [7, 11) is -3.50. The summed E-state index contributed by atoms with van der Waals surface area (Å²) in [5, 5.41) is 6.74. The van der Waals surface area contributed by atoms with E-state index < -0.39 is 15.9 Å². The Morgan fingerprint density at radius 2 is 1.92 bits per heavy atom. The number of amides is 1. The number of primary amides is 1. The van der Waals surface area contributed by atoms with E-state index in [1.54, 1.807) is 12.1 Å². The molecule has 7 nitrogen and oxygen atoms in total. The van der Waals surface area contributed by atoms with Crippen LogP contribution in [0.3, 0.4) is 0 Å². The van der Waals surface area contributed by atoms with Crippen LogP contribution in [0.25, 0.3) is 0 Å². The number of rotatable bonds is 4. The number of carbonyl (C=O) groups excluding carboxylic acids is 1. The smallest absolute Gasteiger partial charge is 0.269 e. The first-order valence-corrected chi connectivity index (χ1v) is 9.65. The Balaban J connectivity index is 1.75. The molecule has 1 fully saturated rings. The summed E-state index contributed by atoms with van der Waals surface area (Å²) in [4.78, 5) is 11.5. The maximum Gasteiger partial charge on any atom is 0.269 e. The second-order valence-corrected chi connectivity index (χ2v) is 8.43. The fourth-order valence-corrected chi connectivity index (χ4v) is 4.98. The average molecular weight is 362 g/mol. The van der Waals surface area contributed by atoms with Gasteiger partial charge in [-0.1, -0.05) is 12.1 Å². The molecule has 2 aromatic rings. The minimum Gasteiger partial charge on any atom is -0.364 e. The summed E-state index contributed by atoms with van der Waals surface area (Å²) < 4.78 is 27.4. The predicted molar refractivity (Wildman–Crippen MR) is 93.8 cm³/mol. The van der Waals surface area contributed by atoms with E-state index in [1.807, 2.05) is 26.0 Å². The average Bonchev–Trinajstić information content (AvgIpc) is 3.07. The zero-order valence-corrected chi connectivity index (χ0v) is 15.1. The minimum absolute atomic E-state index is 0.144. The van der Waals surface area contributed by atoms with Gasteiger partial charge in [0.2, 0.25) is 10.0 Å². The molecule has 0 unspecified atom stereocenters. The van der Waals surface area contributed by atoms with E-state index in [0.29, 0.717) is 30.8 Å². The molecule has 134 valence electrons. The van der Waals surface area contributed by atoms with Gasteiger partial charge in [-0.3, -0.25) is 9.89 Å². The zero-order valence-electron chi connectivity index (χ0n) is 14.3. The van der Waals surface area contributed by atoms with Gasteiger partial charge in [0.05, 0.1) is 4.90 Å². The molecule has 8 heteroatoms. The lowest BCUT2D eigenvalue weighted by Gasteiger charge is -2.31. The molecule has 0 atom stereocenters. The maximum atomic E-state index is 12.9. The number of hydrogen-bond donors (Lipinski definition) is 2. The first-order valence-electron chi connectivity index (χ1n) is 8.21. The summed E-state index contributed by atoms with van der Waals surface area (Å²) in [6.07, 6.45) is 1.34. The van der Waals surface area contributed by atoms with Crippen LogP contribution in [-0.4, -0.2) is 41.9 Å². The summed E-state index contributed by atoms with van der Waals surface area (Å²) in [6, 6.07) is 7.13. The van der Waals surface area contributed by atoms with Crippen LogP contribution in [0.2, 0.25) is 0 Å². The number of benzene rings is 1. The van der Waals surface area contributed by atoms with Gasteiger partial charge in [0.15, 0.2) is 0 Å². The zero-order chi connectivity index (χ0) is 18.2. The molecule has 1 aliphatic heterocycles. The van der Waals surface area contributed by atoms with Crippen molar-refractivity contribution in [2.45, 2.75) is 37.5 Å². The van der Waals surface area contributed by atoms with Crippen LogP contribution >= 0.6 is 0 Å². The van der Waals surface area contributed by atoms with Gasteiger partial charge >= 0.3 is 0 Å². The summed E-state index contributed by atoms with van der Waals surface area (Å²) in [5.74, 6) is -0.428. The molecule has 0 saturated carbocycles. The third kappa shape index (κ3) is 3.45. The molecular formula is C17H22N4O3S. The fourth-order valence-electron chi connectivity index (χ4n) is 3.20. The van der Waals surface area contributed by atoms with Gasteiger partial charge in [-0.05, 0) is 49.9 Å². The van der Waals surface area contributed by atoms with Crippen molar-refractivity contribution in [1.29, 1.82) is 0 Å². The van der Waals surface area contributed by atoms with E-state index in [-0.39, 0.29) is 11.6 Å². The molecule has 0 aliphatic carbocycles. The van der Waals surface area contributed by atoms with Crippen molar-refractivity contribution in [3.63, 3.8) is 0 Å². The van der Waals surface area contributed by atoms with Crippen LogP contribution in [-0.2, 0) is 10.0 Å². The molecule has 3 N–H and O–H groups in total. The van der Waals surface area contributed by atoms with E-state index >= 15 is 0 Å². The molecule has 0 spiro atoms. The second kappa shape index (κ2) is 6.61. The predicted octanol–water partition coefficient (Wildman–Crippen LogP) is 1.69. The summed E-state index contributed by atoms with van der Waals surface area (Å²) in [6.45, 7) is 4.57. The van der Waals surface area contributed by atoms with Gasteiger partial charge in [0.25, 0.3) is 5.91 Å². The van der Waals surface area contributed by atoms with E-state index in [0.717, 1.165) is 16.8 Å². The third-order valence-corrected chi connectivity index (χ3v) is 6.75. The molecule has 25 heavy (non-hydrogen) atoms. The SMILES string of the molecule is Cc1ccc(C)c(S(=O)(=O)N2CCC(c3cc(C(N)=O)n[nH]3)CC2)c1. The van der Waals surface area contributed by atoms with Crippen molar-refractivity contribution in [2.75, 3.05) is 13.1 Å². The molecule has 3 rings (SSSR count). The highest BCUT2D eigenvalue weighted by atomic mass is 32.2. The van der Waals surface area contributed by atoms with Gasteiger partial charge in [-0.2, -0.15) is 9.40 Å². The Labute approximate surface area is 147 Å². The molecule has 1 saturated heterocycles. The Morgan fingerprint density at radius 3 is 2.52 bits per heavy atom. The Kier molecular flexibility index (Phi) is 4.66. The lowest BCUT2D eigenvalue weighted by molar-refractivity contribution is 0.0995. The lowest BCUT2D eigenvalue weighted by Crippen LogP contribution is -2.38. The van der Waals surface area contributed by atoms with Crippen LogP contribution < -0.4 is 5.73 Å². The van der Waals surface area contributed by atoms with E-state index in [2.05, 4.69) is 10.2 Å². The van der Waals surface area contributed by atoms with Crippen LogP contribution in [0.5, 0.6) is 0 Å². The number of sulfonamides is 1. The number of aromatic nitrogens is 2. The third-order valence-electron chi connectivity index (χ3n) is 4.71. The number of nitrogens with two attached hydrogens (primary N) is 1. The second-order valence-electron chi connectivity index (χ2n) is 6.52. The molecule has 0 radical (unpaired) electrons. The van der Waals surface area contributed by atoms with Crippen molar-refractivity contribution in [3.05, 3.63) is 46.8 Å². The number of piperidine rings is 1. The number of H-pyrrole nitrogens is 1. The Morgan fingerprint density at radius 1 is 1.24 bits per heavy atom. The standard InChI is InChI=1S/C17H22N4O3S/c1-11-3-4-12(2)16(9-11)25(23,24)21-7-5-13(6-8-21)14-10-15(17(18)22)20-19-14/h3-4,9-10,13H,5-8H2,1-2H3,(H2,18,22)(H,19,20). The monoisotopic (exact) mass is 362 g/mol. The lowest BCUT2D eigenvalue weighted by atomic mass is 9.94. The van der Waals surface area contributed by atoms with E-state index in [4.69, 9.17) is 5.73 Å². The highest BCUT2D eigenvalue weighted by Crippen LogP contribution is 2.31. The normalized spacial score (nSPS) is 16.9. The summed E-state index contributed by atoms with van der Waals surface area (Å²) in [5.41, 5.74) is 7.94. The van der Waals surface area contributed by atoms with Gasteiger partial charge in [0, 0.05) is 24.7 Å². The number of nitrogens with one attached hydrogen (secondary N) is 1.